The van der Waals surface area contributed by atoms with Gasteiger partial charge in [0.15, 0.2) is 0 Å². The topological polar surface area (TPSA) is 50.4 Å². The lowest BCUT2D eigenvalue weighted by Gasteiger charge is -2.20. The molecular weight excluding hydrogens is 271 g/mol. The summed E-state index contributed by atoms with van der Waals surface area (Å²) >= 11 is 0. The lowest BCUT2D eigenvalue weighted by molar-refractivity contribution is -0.128. The molecule has 0 radical (unpaired) electrons. The molecule has 1 aromatic carbocycles. The van der Waals surface area contributed by atoms with E-state index in [0.29, 0.717) is 24.4 Å². The summed E-state index contributed by atoms with van der Waals surface area (Å²) in [5.74, 6) is 0.224. The van der Waals surface area contributed by atoms with Crippen molar-refractivity contribution in [1.29, 1.82) is 0 Å². The highest BCUT2D eigenvalue weighted by molar-refractivity contribution is 5.81. The fourth-order valence-electron chi connectivity index (χ4n) is 1.95. The molecule has 0 saturated heterocycles. The van der Waals surface area contributed by atoms with Crippen LogP contribution in [0, 0.1) is 11.2 Å². The molecule has 0 heterocycles. The van der Waals surface area contributed by atoms with Gasteiger partial charge in [-0.05, 0) is 19.1 Å². The summed E-state index contributed by atoms with van der Waals surface area (Å²) in [6.07, 6.45) is 0. The van der Waals surface area contributed by atoms with Crippen LogP contribution >= 0.6 is 0 Å². The van der Waals surface area contributed by atoms with Crippen LogP contribution in [0.1, 0.15) is 39.3 Å². The van der Waals surface area contributed by atoms with Gasteiger partial charge in [0.2, 0.25) is 5.91 Å². The summed E-state index contributed by atoms with van der Waals surface area (Å²) in [6.45, 7) is 8.51. The first-order valence-corrected chi connectivity index (χ1v) is 7.11. The van der Waals surface area contributed by atoms with Crippen LogP contribution in [-0.4, -0.2) is 26.1 Å². The van der Waals surface area contributed by atoms with E-state index in [2.05, 4.69) is 10.6 Å². The second-order valence-corrected chi connectivity index (χ2v) is 6.04. The van der Waals surface area contributed by atoms with Crippen LogP contribution in [0.5, 0.6) is 5.75 Å². The first kappa shape index (κ1) is 17.4. The number of carbonyl (C=O) groups is 1. The van der Waals surface area contributed by atoms with Crippen molar-refractivity contribution in [2.75, 3.05) is 20.2 Å². The maximum Gasteiger partial charge on any atom is 0.225 e. The van der Waals surface area contributed by atoms with Crippen LogP contribution < -0.4 is 15.4 Å². The number of halogens is 1. The monoisotopic (exact) mass is 296 g/mol. The van der Waals surface area contributed by atoms with Crippen molar-refractivity contribution < 1.29 is 13.9 Å². The zero-order valence-corrected chi connectivity index (χ0v) is 13.4. The van der Waals surface area contributed by atoms with Gasteiger partial charge >= 0.3 is 0 Å². The van der Waals surface area contributed by atoms with Crippen LogP contribution in [0.2, 0.25) is 0 Å². The third-order valence-electron chi connectivity index (χ3n) is 3.21. The number of nitrogens with one attached hydrogen (secondary N) is 2. The third-order valence-corrected chi connectivity index (χ3v) is 3.21. The molecule has 0 unspecified atom stereocenters. The molecule has 0 bridgehead atoms. The molecule has 1 aromatic rings. The van der Waals surface area contributed by atoms with Gasteiger partial charge in [0.1, 0.15) is 11.6 Å². The molecule has 5 heteroatoms. The van der Waals surface area contributed by atoms with E-state index in [9.17, 15) is 9.18 Å². The van der Waals surface area contributed by atoms with E-state index in [-0.39, 0.29) is 17.8 Å². The summed E-state index contributed by atoms with van der Waals surface area (Å²) in [5.41, 5.74) is 0.0996. The van der Waals surface area contributed by atoms with Crippen LogP contribution in [0.15, 0.2) is 18.2 Å². The normalized spacial score (nSPS) is 12.9. The molecule has 0 saturated carbocycles. The molecule has 21 heavy (non-hydrogen) atoms. The van der Waals surface area contributed by atoms with E-state index in [1.54, 1.807) is 12.1 Å². The Hall–Kier alpha value is -1.62. The van der Waals surface area contributed by atoms with Crippen molar-refractivity contribution >= 4 is 5.91 Å². The Kier molecular flexibility index (Phi) is 6.15. The highest BCUT2D eigenvalue weighted by Crippen LogP contribution is 2.27. The van der Waals surface area contributed by atoms with Gasteiger partial charge in [-0.15, -0.1) is 0 Å². The highest BCUT2D eigenvalue weighted by atomic mass is 19.1. The van der Waals surface area contributed by atoms with Crippen molar-refractivity contribution in [3.05, 3.63) is 29.6 Å². The van der Waals surface area contributed by atoms with Crippen molar-refractivity contribution in [1.82, 2.24) is 10.6 Å². The van der Waals surface area contributed by atoms with E-state index in [1.807, 2.05) is 27.7 Å². The average molecular weight is 296 g/mol. The second kappa shape index (κ2) is 7.41. The molecule has 0 fully saturated rings. The lowest BCUT2D eigenvalue weighted by atomic mass is 9.96. The zero-order chi connectivity index (χ0) is 16.0. The zero-order valence-electron chi connectivity index (χ0n) is 13.4. The molecule has 2 N–H and O–H groups in total. The molecule has 4 nitrogen and oxygen atoms in total. The van der Waals surface area contributed by atoms with E-state index in [4.69, 9.17) is 4.74 Å². The van der Waals surface area contributed by atoms with Gasteiger partial charge in [-0.3, -0.25) is 4.79 Å². The number of hydrogen-bond donors (Lipinski definition) is 2. The van der Waals surface area contributed by atoms with Crippen molar-refractivity contribution in [2.24, 2.45) is 5.41 Å². The van der Waals surface area contributed by atoms with E-state index in [0.717, 1.165) is 0 Å². The van der Waals surface area contributed by atoms with Gasteiger partial charge in [0.25, 0.3) is 0 Å². The maximum absolute atomic E-state index is 13.9. The van der Waals surface area contributed by atoms with Crippen LogP contribution in [0.4, 0.5) is 4.39 Å². The Morgan fingerprint density at radius 1 is 1.33 bits per heavy atom. The van der Waals surface area contributed by atoms with Gasteiger partial charge in [-0.2, -0.15) is 0 Å². The van der Waals surface area contributed by atoms with Crippen LogP contribution in [0.3, 0.4) is 0 Å². The number of ether oxygens (including phenoxy) is 1. The summed E-state index contributed by atoms with van der Waals surface area (Å²) < 4.78 is 19.1. The van der Waals surface area contributed by atoms with E-state index < -0.39 is 5.41 Å². The SMILES string of the molecule is COc1cccc(F)c1[C@H](C)NCCNC(=O)C(C)(C)C. The Morgan fingerprint density at radius 2 is 2.00 bits per heavy atom. The Morgan fingerprint density at radius 3 is 2.57 bits per heavy atom. The quantitative estimate of drug-likeness (QED) is 0.794. The predicted molar refractivity (Wildman–Crippen MR) is 81.8 cm³/mol. The molecule has 0 aliphatic rings. The summed E-state index contributed by atoms with van der Waals surface area (Å²) in [5, 5.41) is 6.03. The average Bonchev–Trinajstić information content (AvgIpc) is 2.41. The van der Waals surface area contributed by atoms with Crippen molar-refractivity contribution in [3.8, 4) is 5.75 Å². The molecule has 0 aromatic heterocycles. The van der Waals surface area contributed by atoms with Gasteiger partial charge in [0.05, 0.1) is 7.11 Å². The number of benzene rings is 1. The second-order valence-electron chi connectivity index (χ2n) is 6.04. The molecule has 1 rings (SSSR count). The van der Waals surface area contributed by atoms with E-state index >= 15 is 0 Å². The largest absolute Gasteiger partial charge is 0.496 e. The highest BCUT2D eigenvalue weighted by Gasteiger charge is 2.20. The van der Waals surface area contributed by atoms with Crippen molar-refractivity contribution in [2.45, 2.75) is 33.7 Å². The molecule has 1 amide bonds. The Bertz CT molecular complexity index is 484. The fourth-order valence-corrected chi connectivity index (χ4v) is 1.95. The van der Waals surface area contributed by atoms with Crippen LogP contribution in [0.25, 0.3) is 0 Å². The molecule has 118 valence electrons. The smallest absolute Gasteiger partial charge is 0.225 e. The van der Waals surface area contributed by atoms with Crippen LogP contribution in [-0.2, 0) is 4.79 Å². The number of amides is 1. The van der Waals surface area contributed by atoms with E-state index in [1.165, 1.54) is 13.2 Å². The maximum atomic E-state index is 13.9. The number of hydrogen-bond acceptors (Lipinski definition) is 3. The standard InChI is InChI=1S/C16H25FN2O2/c1-11(14-12(17)7-6-8-13(14)21-5)18-9-10-19-15(20)16(2,3)4/h6-8,11,18H,9-10H2,1-5H3,(H,19,20)/t11-/m0/s1. The van der Waals surface area contributed by atoms with Gasteiger partial charge in [-0.25, -0.2) is 4.39 Å². The first-order chi connectivity index (χ1) is 9.77. The van der Waals surface area contributed by atoms with Gasteiger partial charge < -0.3 is 15.4 Å². The molecule has 0 aliphatic heterocycles. The molecule has 1 atom stereocenters. The van der Waals surface area contributed by atoms with Crippen molar-refractivity contribution in [3.63, 3.8) is 0 Å². The Balaban J connectivity index is 2.52. The number of carbonyl (C=O) groups excluding carboxylic acids is 1. The number of methoxy groups -OCH3 is 1. The molecule has 0 spiro atoms. The summed E-state index contributed by atoms with van der Waals surface area (Å²) in [6, 6.07) is 4.57. The fraction of sp³-hybridized carbons (Fsp3) is 0.562. The minimum atomic E-state index is -0.402. The lowest BCUT2D eigenvalue weighted by Crippen LogP contribution is -2.39. The van der Waals surface area contributed by atoms with Gasteiger partial charge in [0, 0.05) is 30.1 Å². The number of rotatable bonds is 6. The summed E-state index contributed by atoms with van der Waals surface area (Å²) in [7, 11) is 1.52. The first-order valence-electron chi connectivity index (χ1n) is 7.11. The molecule has 0 aliphatic carbocycles. The van der Waals surface area contributed by atoms with Gasteiger partial charge in [-0.1, -0.05) is 26.8 Å². The predicted octanol–water partition coefficient (Wildman–Crippen LogP) is 2.65. The molecular formula is C16H25FN2O2. The minimum absolute atomic E-state index is 0.000394. The summed E-state index contributed by atoms with van der Waals surface area (Å²) in [4.78, 5) is 11.7. The Labute approximate surface area is 126 Å². The third kappa shape index (κ3) is 5.01. The minimum Gasteiger partial charge on any atom is -0.496 e.